The van der Waals surface area contributed by atoms with E-state index in [9.17, 15) is 44.7 Å². The van der Waals surface area contributed by atoms with Crippen LogP contribution in [-0.4, -0.2) is 125 Å². The van der Waals surface area contributed by atoms with Crippen molar-refractivity contribution in [1.82, 2.24) is 19.5 Å². The molecule has 4 rings (SSSR count). The number of hydrogen-bond donors (Lipinski definition) is 8. The summed E-state index contributed by atoms with van der Waals surface area (Å²) in [5, 5.41) is 59.4. The number of nitrogens with zero attached hydrogens (tertiary/aromatic N) is 4. The smallest absolute Gasteiger partial charge is 0.394 e. The molecule has 2 fully saturated rings. The lowest BCUT2D eigenvalue weighted by Crippen LogP contribution is -2.58. The first-order chi connectivity index (χ1) is 17.7. The summed E-state index contributed by atoms with van der Waals surface area (Å²) in [6, 6.07) is 0. The molecule has 19 nitrogen and oxygen atoms in total. The number of nitrogens with two attached hydrogens (primary N) is 1. The van der Waals surface area contributed by atoms with Gasteiger partial charge in [-0.15, -0.1) is 0 Å². The molecule has 2 radical (unpaired) electrons. The number of aliphatic hydroxyl groups excluding tert-OH is 6. The van der Waals surface area contributed by atoms with Crippen LogP contribution in [0.2, 0.25) is 0 Å². The molecule has 2 aliphatic rings. The minimum absolute atomic E-state index is 0.0576. The van der Waals surface area contributed by atoms with Crippen molar-refractivity contribution in [2.75, 3.05) is 18.9 Å². The number of anilines is 1. The van der Waals surface area contributed by atoms with Gasteiger partial charge in [0.15, 0.2) is 24.0 Å². The molecule has 2 aromatic rings. The third-order valence-corrected chi connectivity index (χ3v) is 8.44. The van der Waals surface area contributed by atoms with Gasteiger partial charge in [0.05, 0.1) is 19.5 Å². The molecule has 0 spiro atoms. The van der Waals surface area contributed by atoms with Gasteiger partial charge in [0.2, 0.25) is 7.57 Å². The van der Waals surface area contributed by atoms with Gasteiger partial charge in [0.25, 0.3) is 7.47 Å². The normalized spacial score (nSPS) is 37.2. The molecule has 2 aromatic heterocycles. The fourth-order valence-corrected chi connectivity index (χ4v) is 6.09. The molecule has 2 aliphatic heterocycles. The largest absolute Gasteiger partial charge is 0.481 e. The minimum Gasteiger partial charge on any atom is -0.394 e. The molecular weight excluding hydrogens is 559 g/mol. The van der Waals surface area contributed by atoms with Gasteiger partial charge < -0.3 is 55.3 Å². The third-order valence-electron chi connectivity index (χ3n) is 5.72. The van der Waals surface area contributed by atoms with E-state index in [0.717, 1.165) is 6.33 Å². The first kappa shape index (κ1) is 29.4. The van der Waals surface area contributed by atoms with Crippen LogP contribution in [-0.2, 0) is 32.0 Å². The van der Waals surface area contributed by atoms with Crippen molar-refractivity contribution < 1.29 is 67.5 Å². The average molecular weight is 583 g/mol. The summed E-state index contributed by atoms with van der Waals surface area (Å²) >= 11 is 0. The van der Waals surface area contributed by atoms with E-state index in [1.54, 1.807) is 0 Å². The Morgan fingerprint density at radius 3 is 2.37 bits per heavy atom. The Kier molecular flexibility index (Phi) is 8.59. The van der Waals surface area contributed by atoms with Crippen molar-refractivity contribution in [3.63, 3.8) is 0 Å². The number of hydrogen-bond acceptors (Lipinski definition) is 17. The SMILES string of the molecule is [B][P@](=O)(OC[C@H]1O[C@@H](n2cnc3c(N)ncnc32)C(O)[C@H]1O)OP(=O)(O)O[C@@H]1OC(CO)[C@H](O)[C@H](O)C1O. The molecule has 210 valence electrons. The highest BCUT2D eigenvalue weighted by atomic mass is 31.3. The molecule has 11 atom stereocenters. The fourth-order valence-electron chi connectivity index (χ4n) is 3.80. The van der Waals surface area contributed by atoms with Crippen molar-refractivity contribution in [2.45, 2.75) is 55.2 Å². The second kappa shape index (κ2) is 11.1. The third kappa shape index (κ3) is 5.93. The number of fused-ring (bicyclic) bond motifs is 1. The number of nitrogen functional groups attached to an aromatic ring is 1. The molecule has 22 heteroatoms. The maximum atomic E-state index is 12.5. The fraction of sp³-hybridized carbons (Fsp3) is 0.688. The monoisotopic (exact) mass is 583 g/mol. The van der Waals surface area contributed by atoms with E-state index in [2.05, 4.69) is 23.8 Å². The summed E-state index contributed by atoms with van der Waals surface area (Å²) in [5.74, 6) is 0.0576. The van der Waals surface area contributed by atoms with E-state index in [-0.39, 0.29) is 17.0 Å². The molecule has 0 saturated carbocycles. The topological polar surface area (TPSA) is 292 Å². The summed E-state index contributed by atoms with van der Waals surface area (Å²) in [7, 11) is -5.04. The summed E-state index contributed by atoms with van der Waals surface area (Å²) in [4.78, 5) is 21.8. The highest BCUT2D eigenvalue weighted by Crippen LogP contribution is 2.61. The Bertz CT molecular complexity index is 1240. The molecule has 0 aliphatic carbocycles. The van der Waals surface area contributed by atoms with Crippen LogP contribution in [0.1, 0.15) is 6.23 Å². The maximum Gasteiger partial charge on any atom is 0.481 e. The second-order valence-electron chi connectivity index (χ2n) is 8.32. The molecule has 38 heavy (non-hydrogen) atoms. The lowest BCUT2D eigenvalue weighted by molar-refractivity contribution is -0.280. The summed E-state index contributed by atoms with van der Waals surface area (Å²) in [5.41, 5.74) is 6.11. The number of phosphoric ester groups is 1. The van der Waals surface area contributed by atoms with E-state index in [1.165, 1.54) is 10.9 Å². The molecular formula is C16H24BN5O14P2. The lowest BCUT2D eigenvalue weighted by Gasteiger charge is -2.39. The van der Waals surface area contributed by atoms with Crippen LogP contribution in [0.25, 0.3) is 11.2 Å². The van der Waals surface area contributed by atoms with Crippen molar-refractivity contribution in [1.29, 1.82) is 0 Å². The van der Waals surface area contributed by atoms with Gasteiger partial charge >= 0.3 is 7.82 Å². The number of rotatable bonds is 9. The average Bonchev–Trinajstić information content (AvgIpc) is 3.39. The Labute approximate surface area is 214 Å². The van der Waals surface area contributed by atoms with Gasteiger partial charge in [0, 0.05) is 0 Å². The Morgan fingerprint density at radius 2 is 1.68 bits per heavy atom. The van der Waals surface area contributed by atoms with E-state index in [1.807, 2.05) is 0 Å². The zero-order valence-electron chi connectivity index (χ0n) is 19.1. The van der Waals surface area contributed by atoms with Crippen molar-refractivity contribution in [3.05, 3.63) is 12.7 Å². The van der Waals surface area contributed by atoms with Gasteiger partial charge in [-0.3, -0.25) is 13.7 Å². The van der Waals surface area contributed by atoms with Gasteiger partial charge in [-0.05, 0) is 0 Å². The summed E-state index contributed by atoms with van der Waals surface area (Å²) in [6.07, 6.45) is -12.8. The van der Waals surface area contributed by atoms with Gasteiger partial charge in [0.1, 0.15) is 54.6 Å². The zero-order chi connectivity index (χ0) is 28.0. The molecule has 0 amide bonds. The Morgan fingerprint density at radius 1 is 1.00 bits per heavy atom. The zero-order valence-corrected chi connectivity index (χ0v) is 20.9. The number of imidazole rings is 1. The Balaban J connectivity index is 1.38. The van der Waals surface area contributed by atoms with E-state index < -0.39 is 83.8 Å². The van der Waals surface area contributed by atoms with Crippen LogP contribution in [0, 0.1) is 0 Å². The number of aliphatic hydroxyl groups is 6. The van der Waals surface area contributed by atoms with Crippen LogP contribution in [0.15, 0.2) is 12.7 Å². The van der Waals surface area contributed by atoms with Crippen LogP contribution >= 0.6 is 15.3 Å². The van der Waals surface area contributed by atoms with Gasteiger partial charge in [-0.2, -0.15) is 0 Å². The molecule has 0 bridgehead atoms. The van der Waals surface area contributed by atoms with Crippen molar-refractivity contribution in [2.24, 2.45) is 0 Å². The standard InChI is InChI=1S/C16H24BN5O14P2/c17-37(29,36-38(30,31)35-16-12(28)10(26)8(24)5(1-23)34-16)32-2-6-9(25)11(27)15(33-6)22-4-21-7-13(18)19-3-20-14(7)22/h3-6,8-12,15-16,23-28H,1-2H2,(H,30,31)(H2,18,19,20)/t5?,6-,8+,9+,10+,11?,12?,15-,16+,37+/m1/s1. The predicted molar refractivity (Wildman–Crippen MR) is 121 cm³/mol. The maximum absolute atomic E-state index is 12.5. The highest BCUT2D eigenvalue weighted by molar-refractivity contribution is 7.83. The van der Waals surface area contributed by atoms with E-state index >= 15 is 0 Å². The molecule has 2 saturated heterocycles. The minimum atomic E-state index is -5.44. The first-order valence-electron chi connectivity index (χ1n) is 10.8. The summed E-state index contributed by atoms with van der Waals surface area (Å²) < 4.78 is 50.3. The molecule has 4 heterocycles. The summed E-state index contributed by atoms with van der Waals surface area (Å²) in [6.45, 7) is -1.67. The number of aromatic nitrogens is 4. The number of ether oxygens (including phenoxy) is 2. The Hall–Kier alpha value is -1.61. The molecule has 0 aromatic carbocycles. The lowest BCUT2D eigenvalue weighted by atomic mass is 10.00. The van der Waals surface area contributed by atoms with Crippen LogP contribution in [0.5, 0.6) is 0 Å². The molecule has 9 N–H and O–H groups in total. The van der Waals surface area contributed by atoms with E-state index in [4.69, 9.17) is 27.3 Å². The number of phosphoric acid groups is 1. The quantitative estimate of drug-likeness (QED) is 0.104. The van der Waals surface area contributed by atoms with Crippen LogP contribution in [0.4, 0.5) is 5.82 Å². The highest BCUT2D eigenvalue weighted by Gasteiger charge is 2.49. The van der Waals surface area contributed by atoms with Crippen molar-refractivity contribution >= 4 is 39.8 Å². The molecule has 4 unspecified atom stereocenters. The van der Waals surface area contributed by atoms with Gasteiger partial charge in [-0.25, -0.2) is 23.8 Å². The first-order valence-corrected chi connectivity index (χ1v) is 13.9. The van der Waals surface area contributed by atoms with Crippen molar-refractivity contribution in [3.8, 4) is 0 Å². The van der Waals surface area contributed by atoms with Gasteiger partial charge in [-0.1, -0.05) is 0 Å². The predicted octanol–water partition coefficient (Wildman–Crippen LogP) is -3.75. The van der Waals surface area contributed by atoms with E-state index in [0.29, 0.717) is 0 Å². The second-order valence-corrected chi connectivity index (χ2v) is 11.5. The van der Waals surface area contributed by atoms with Crippen LogP contribution in [0.3, 0.4) is 0 Å². The van der Waals surface area contributed by atoms with Crippen LogP contribution < -0.4 is 5.73 Å².